The quantitative estimate of drug-likeness (QED) is 0.615. The highest BCUT2D eigenvalue weighted by Gasteiger charge is 2.40. The zero-order valence-corrected chi connectivity index (χ0v) is 14.5. The van der Waals surface area contributed by atoms with Crippen LogP contribution >= 0.6 is 0 Å². The largest absolute Gasteiger partial charge is 0.480 e. The van der Waals surface area contributed by atoms with Crippen molar-refractivity contribution in [3.63, 3.8) is 0 Å². The van der Waals surface area contributed by atoms with Gasteiger partial charge >= 0.3 is 5.97 Å². The van der Waals surface area contributed by atoms with Gasteiger partial charge in [-0.1, -0.05) is 33.6 Å². The van der Waals surface area contributed by atoms with Gasteiger partial charge in [-0.3, -0.25) is 10.1 Å². The summed E-state index contributed by atoms with van der Waals surface area (Å²) in [5.41, 5.74) is -0.804. The summed E-state index contributed by atoms with van der Waals surface area (Å²) in [4.78, 5) is 14.1. The van der Waals surface area contributed by atoms with Crippen molar-refractivity contribution in [3.8, 4) is 0 Å². The molecule has 2 atom stereocenters. The number of hydrogen-bond acceptors (Lipinski definition) is 3. The van der Waals surface area contributed by atoms with Crippen LogP contribution in [0.25, 0.3) is 0 Å². The molecule has 1 aliphatic rings. The summed E-state index contributed by atoms with van der Waals surface area (Å²) < 4.78 is 0. The normalized spacial score (nSPS) is 19.8. The van der Waals surface area contributed by atoms with Crippen molar-refractivity contribution in [1.82, 2.24) is 10.2 Å². The average Bonchev–Trinajstić information content (AvgIpc) is 3.23. The number of aliphatic carboxylic acids is 1. The average molecular weight is 298 g/mol. The van der Waals surface area contributed by atoms with Crippen molar-refractivity contribution >= 4 is 5.97 Å². The molecule has 0 spiro atoms. The molecule has 1 aliphatic carbocycles. The van der Waals surface area contributed by atoms with Crippen LogP contribution in [0.3, 0.4) is 0 Å². The summed E-state index contributed by atoms with van der Waals surface area (Å²) in [7, 11) is 0. The SMILES string of the molecule is CCC(CC)CN(CC)C(C)CC(C)(NC1CC1)C(=O)O. The summed E-state index contributed by atoms with van der Waals surface area (Å²) >= 11 is 0. The third-order valence-electron chi connectivity index (χ3n) is 4.95. The molecule has 0 aromatic rings. The van der Waals surface area contributed by atoms with Crippen molar-refractivity contribution in [2.75, 3.05) is 13.1 Å². The van der Waals surface area contributed by atoms with Gasteiger partial charge in [-0.15, -0.1) is 0 Å². The van der Waals surface area contributed by atoms with E-state index in [2.05, 4.69) is 37.9 Å². The van der Waals surface area contributed by atoms with Gasteiger partial charge in [0.25, 0.3) is 0 Å². The second-order valence-electron chi connectivity index (χ2n) is 6.88. The predicted octanol–water partition coefficient (Wildman–Crippen LogP) is 3.12. The third kappa shape index (κ3) is 5.59. The van der Waals surface area contributed by atoms with Gasteiger partial charge in [0.2, 0.25) is 0 Å². The monoisotopic (exact) mass is 298 g/mol. The predicted molar refractivity (Wildman–Crippen MR) is 87.6 cm³/mol. The lowest BCUT2D eigenvalue weighted by Gasteiger charge is -2.36. The van der Waals surface area contributed by atoms with Crippen LogP contribution < -0.4 is 5.32 Å². The minimum absolute atomic E-state index is 0.281. The van der Waals surface area contributed by atoms with Gasteiger partial charge in [0.05, 0.1) is 0 Å². The van der Waals surface area contributed by atoms with Crippen molar-refractivity contribution in [2.45, 2.75) is 84.3 Å². The fraction of sp³-hybridized carbons (Fsp3) is 0.941. The highest BCUT2D eigenvalue weighted by molar-refractivity contribution is 5.78. The smallest absolute Gasteiger partial charge is 0.323 e. The lowest BCUT2D eigenvalue weighted by atomic mass is 9.91. The Kier molecular flexibility index (Phi) is 7.14. The Morgan fingerprint density at radius 1 is 1.33 bits per heavy atom. The van der Waals surface area contributed by atoms with Crippen LogP contribution in [0.4, 0.5) is 0 Å². The van der Waals surface area contributed by atoms with Gasteiger partial charge in [-0.2, -0.15) is 0 Å². The molecule has 0 heterocycles. The van der Waals surface area contributed by atoms with E-state index in [1.807, 2.05) is 6.92 Å². The molecule has 0 bridgehead atoms. The molecule has 21 heavy (non-hydrogen) atoms. The zero-order valence-electron chi connectivity index (χ0n) is 14.5. The molecule has 1 saturated carbocycles. The molecule has 1 fully saturated rings. The number of nitrogens with zero attached hydrogens (tertiary/aromatic N) is 1. The minimum atomic E-state index is -0.804. The molecule has 4 heteroatoms. The maximum atomic E-state index is 11.7. The van der Waals surface area contributed by atoms with Gasteiger partial charge < -0.3 is 10.0 Å². The van der Waals surface area contributed by atoms with Crippen LogP contribution in [-0.2, 0) is 4.79 Å². The highest BCUT2D eigenvalue weighted by Crippen LogP contribution is 2.26. The zero-order chi connectivity index (χ0) is 16.0. The number of rotatable bonds is 11. The van der Waals surface area contributed by atoms with Crippen LogP contribution in [0, 0.1) is 5.92 Å². The fourth-order valence-electron chi connectivity index (χ4n) is 3.11. The van der Waals surface area contributed by atoms with E-state index in [0.29, 0.717) is 18.4 Å². The van der Waals surface area contributed by atoms with Gasteiger partial charge in [0, 0.05) is 18.6 Å². The Morgan fingerprint density at radius 2 is 1.90 bits per heavy atom. The number of carboxylic acid groups (broad SMARTS) is 1. The summed E-state index contributed by atoms with van der Waals surface area (Å²) in [6.45, 7) is 12.7. The highest BCUT2D eigenvalue weighted by atomic mass is 16.4. The second-order valence-corrected chi connectivity index (χ2v) is 6.88. The lowest BCUT2D eigenvalue weighted by molar-refractivity contribution is -0.145. The topological polar surface area (TPSA) is 52.6 Å². The van der Waals surface area contributed by atoms with Gasteiger partial charge in [-0.05, 0) is 45.6 Å². The molecule has 2 unspecified atom stereocenters. The Balaban J connectivity index is 2.64. The van der Waals surface area contributed by atoms with Crippen LogP contribution in [0.1, 0.15) is 66.7 Å². The second kappa shape index (κ2) is 8.14. The maximum Gasteiger partial charge on any atom is 0.323 e. The van der Waals surface area contributed by atoms with Crippen LogP contribution in [0.2, 0.25) is 0 Å². The molecular weight excluding hydrogens is 264 g/mol. The molecule has 0 radical (unpaired) electrons. The number of nitrogens with one attached hydrogen (secondary N) is 1. The van der Waals surface area contributed by atoms with Crippen LogP contribution in [-0.4, -0.2) is 46.7 Å². The van der Waals surface area contributed by atoms with E-state index in [1.165, 1.54) is 12.8 Å². The Morgan fingerprint density at radius 3 is 2.29 bits per heavy atom. The third-order valence-corrected chi connectivity index (χ3v) is 4.95. The van der Waals surface area contributed by atoms with Gasteiger partial charge in [0.1, 0.15) is 5.54 Å². The van der Waals surface area contributed by atoms with E-state index >= 15 is 0 Å². The van der Waals surface area contributed by atoms with Crippen LogP contribution in [0.15, 0.2) is 0 Å². The molecule has 2 N–H and O–H groups in total. The summed E-state index contributed by atoms with van der Waals surface area (Å²) in [5.74, 6) is -0.0142. The molecule has 0 aliphatic heterocycles. The van der Waals surface area contributed by atoms with Crippen molar-refractivity contribution in [2.24, 2.45) is 5.92 Å². The van der Waals surface area contributed by atoms with E-state index in [4.69, 9.17) is 0 Å². The molecular formula is C17H34N2O2. The summed E-state index contributed by atoms with van der Waals surface area (Å²) in [6, 6.07) is 0.690. The first-order chi connectivity index (χ1) is 9.86. The number of hydrogen-bond donors (Lipinski definition) is 2. The van der Waals surface area contributed by atoms with Gasteiger partial charge in [-0.25, -0.2) is 0 Å². The molecule has 4 nitrogen and oxygen atoms in total. The van der Waals surface area contributed by atoms with Crippen molar-refractivity contribution in [3.05, 3.63) is 0 Å². The summed E-state index contributed by atoms with van der Waals surface area (Å²) in [5, 5.41) is 12.9. The molecule has 0 aromatic heterocycles. The van der Waals surface area contributed by atoms with E-state index < -0.39 is 11.5 Å². The first kappa shape index (κ1) is 18.4. The lowest BCUT2D eigenvalue weighted by Crippen LogP contribution is -2.54. The molecule has 1 rings (SSSR count). The van der Waals surface area contributed by atoms with E-state index in [-0.39, 0.29) is 6.04 Å². The minimum Gasteiger partial charge on any atom is -0.480 e. The van der Waals surface area contributed by atoms with Crippen LogP contribution in [0.5, 0.6) is 0 Å². The molecule has 0 saturated heterocycles. The fourth-order valence-corrected chi connectivity index (χ4v) is 3.11. The summed E-state index contributed by atoms with van der Waals surface area (Å²) in [6.07, 6.45) is 5.27. The van der Waals surface area contributed by atoms with E-state index in [9.17, 15) is 9.90 Å². The van der Waals surface area contributed by atoms with Crippen molar-refractivity contribution in [1.29, 1.82) is 0 Å². The molecule has 0 aromatic carbocycles. The van der Waals surface area contributed by atoms with E-state index in [1.54, 1.807) is 0 Å². The number of carboxylic acids is 1. The number of carbonyl (C=O) groups is 1. The first-order valence-electron chi connectivity index (χ1n) is 8.61. The van der Waals surface area contributed by atoms with E-state index in [0.717, 1.165) is 25.9 Å². The Hall–Kier alpha value is -0.610. The van der Waals surface area contributed by atoms with Crippen molar-refractivity contribution < 1.29 is 9.90 Å². The standard InChI is InChI=1S/C17H34N2O2/c1-6-14(7-2)12-19(8-3)13(4)11-17(5,16(20)21)18-15-9-10-15/h13-15,18H,6-12H2,1-5H3,(H,20,21). The maximum absolute atomic E-state index is 11.7. The Labute approximate surface area is 130 Å². The first-order valence-corrected chi connectivity index (χ1v) is 8.61. The molecule has 124 valence electrons. The molecule has 0 amide bonds. The van der Waals surface area contributed by atoms with Gasteiger partial charge in [0.15, 0.2) is 0 Å². The Bertz CT molecular complexity index is 327.